The molecule has 2 rings (SSSR count). The van der Waals surface area contributed by atoms with Gasteiger partial charge in [0.1, 0.15) is 11.6 Å². The first kappa shape index (κ1) is 14.7. The maximum Gasteiger partial charge on any atom is 0.338 e. The first-order chi connectivity index (χ1) is 10.2. The zero-order valence-electron chi connectivity index (χ0n) is 11.2. The minimum absolute atomic E-state index is 0.0196. The highest BCUT2D eigenvalue weighted by molar-refractivity contribution is 7.12. The molecule has 0 saturated heterocycles. The molecule has 4 nitrogen and oxygen atoms in total. The minimum Gasteiger partial charge on any atom is -0.465 e. The first-order valence-corrected chi connectivity index (χ1v) is 6.92. The lowest BCUT2D eigenvalue weighted by molar-refractivity contribution is 0.0600. The molecule has 0 amide bonds. The van der Waals surface area contributed by atoms with E-state index in [2.05, 4.69) is 0 Å². The summed E-state index contributed by atoms with van der Waals surface area (Å²) in [7, 11) is 1.28. The number of rotatable bonds is 4. The van der Waals surface area contributed by atoms with E-state index < -0.39 is 5.97 Å². The molecule has 21 heavy (non-hydrogen) atoms. The lowest BCUT2D eigenvalue weighted by Crippen LogP contribution is -2.05. The lowest BCUT2D eigenvalue weighted by atomic mass is 10.0. The van der Waals surface area contributed by atoms with Crippen molar-refractivity contribution in [2.24, 2.45) is 0 Å². The molecule has 1 aromatic heterocycles. The molecule has 0 saturated carbocycles. The van der Waals surface area contributed by atoms with E-state index in [1.807, 2.05) is 6.07 Å². The Balaban J connectivity index is 2.44. The molecule has 0 unspecified atom stereocenters. The van der Waals surface area contributed by atoms with Crippen LogP contribution in [0, 0.1) is 11.3 Å². The van der Waals surface area contributed by atoms with Crippen molar-refractivity contribution >= 4 is 29.2 Å². The number of carbonyl (C=O) groups is 2. The van der Waals surface area contributed by atoms with Crippen molar-refractivity contribution in [1.29, 1.82) is 5.26 Å². The predicted molar refractivity (Wildman–Crippen MR) is 80.0 cm³/mol. The fraction of sp³-hybridized carbons (Fsp3) is 0.0625. The highest BCUT2D eigenvalue weighted by Crippen LogP contribution is 2.19. The van der Waals surface area contributed by atoms with Crippen molar-refractivity contribution in [2.45, 2.75) is 0 Å². The molecule has 1 aromatic carbocycles. The van der Waals surface area contributed by atoms with Gasteiger partial charge in [-0.15, -0.1) is 11.3 Å². The van der Waals surface area contributed by atoms with Crippen LogP contribution < -0.4 is 0 Å². The molecule has 1 heterocycles. The third kappa shape index (κ3) is 3.25. The van der Waals surface area contributed by atoms with Gasteiger partial charge in [0, 0.05) is 0 Å². The van der Waals surface area contributed by atoms with Crippen LogP contribution in [0.2, 0.25) is 0 Å². The molecule has 0 aliphatic rings. The van der Waals surface area contributed by atoms with Gasteiger partial charge in [0.2, 0.25) is 5.78 Å². The normalized spacial score (nSPS) is 10.8. The molecule has 0 radical (unpaired) electrons. The maximum atomic E-state index is 12.2. The smallest absolute Gasteiger partial charge is 0.338 e. The summed E-state index contributed by atoms with van der Waals surface area (Å²) in [6, 6.07) is 12.0. The SMILES string of the molecule is COC(=O)c1ccccc1/C=C(\C#N)C(=O)c1cccs1. The van der Waals surface area contributed by atoms with Gasteiger partial charge >= 0.3 is 5.97 Å². The number of nitrogens with zero attached hydrogens (tertiary/aromatic N) is 1. The van der Waals surface area contributed by atoms with Gasteiger partial charge in [-0.3, -0.25) is 4.79 Å². The molecule has 5 heteroatoms. The summed E-state index contributed by atoms with van der Waals surface area (Å²) in [5, 5.41) is 11.0. The van der Waals surface area contributed by atoms with Crippen LogP contribution in [0.4, 0.5) is 0 Å². The third-order valence-corrected chi connectivity index (χ3v) is 3.64. The van der Waals surface area contributed by atoms with Gasteiger partial charge in [0.05, 0.1) is 17.6 Å². The molecule has 0 aliphatic carbocycles. The fourth-order valence-electron chi connectivity index (χ4n) is 1.76. The molecular weight excluding hydrogens is 286 g/mol. The summed E-state index contributed by atoms with van der Waals surface area (Å²) in [5.41, 5.74) is 0.770. The molecule has 0 aliphatic heterocycles. The number of hydrogen-bond acceptors (Lipinski definition) is 5. The van der Waals surface area contributed by atoms with Gasteiger partial charge in [-0.2, -0.15) is 5.26 Å². The molecule has 0 bridgehead atoms. The minimum atomic E-state index is -0.511. The molecule has 2 aromatic rings. The predicted octanol–water partition coefficient (Wildman–Crippen LogP) is 3.32. The van der Waals surface area contributed by atoms with Crippen molar-refractivity contribution in [1.82, 2.24) is 0 Å². The Bertz CT molecular complexity index is 739. The van der Waals surface area contributed by atoms with Gasteiger partial charge in [0.25, 0.3) is 0 Å². The van der Waals surface area contributed by atoms with Crippen molar-refractivity contribution < 1.29 is 14.3 Å². The van der Waals surface area contributed by atoms with Crippen molar-refractivity contribution in [3.8, 4) is 6.07 Å². The zero-order chi connectivity index (χ0) is 15.2. The average molecular weight is 297 g/mol. The number of benzene rings is 1. The summed E-state index contributed by atoms with van der Waals surface area (Å²) in [4.78, 5) is 24.4. The third-order valence-electron chi connectivity index (χ3n) is 2.78. The number of allylic oxidation sites excluding steroid dienone is 1. The van der Waals surface area contributed by atoms with E-state index >= 15 is 0 Å². The van der Waals surface area contributed by atoms with Gasteiger partial charge in [-0.25, -0.2) is 4.79 Å². The van der Waals surface area contributed by atoms with E-state index in [1.54, 1.807) is 41.8 Å². The number of thiophene rings is 1. The van der Waals surface area contributed by atoms with Crippen LogP contribution in [0.3, 0.4) is 0 Å². The number of carbonyl (C=O) groups excluding carboxylic acids is 2. The Morgan fingerprint density at radius 3 is 2.62 bits per heavy atom. The number of methoxy groups -OCH3 is 1. The van der Waals surface area contributed by atoms with E-state index in [1.165, 1.54) is 24.5 Å². The van der Waals surface area contributed by atoms with E-state index in [9.17, 15) is 14.9 Å². The Morgan fingerprint density at radius 2 is 2.00 bits per heavy atom. The number of hydrogen-bond donors (Lipinski definition) is 0. The summed E-state index contributed by atoms with van der Waals surface area (Å²) >= 11 is 1.27. The Labute approximate surface area is 125 Å². The molecule has 0 atom stereocenters. The van der Waals surface area contributed by atoms with Crippen molar-refractivity contribution in [3.63, 3.8) is 0 Å². The number of nitriles is 1. The standard InChI is InChI=1S/C16H11NO3S/c1-20-16(19)13-6-3-2-5-11(13)9-12(10-17)15(18)14-7-4-8-21-14/h2-9H,1H3/b12-9+. The Kier molecular flexibility index (Phi) is 4.64. The van der Waals surface area contributed by atoms with Crippen LogP contribution in [0.25, 0.3) is 6.08 Å². The highest BCUT2D eigenvalue weighted by atomic mass is 32.1. The topological polar surface area (TPSA) is 67.2 Å². The summed E-state index contributed by atoms with van der Waals surface area (Å²) in [6.45, 7) is 0. The van der Waals surface area contributed by atoms with Crippen LogP contribution in [0.1, 0.15) is 25.6 Å². The van der Waals surface area contributed by atoms with E-state index in [0.29, 0.717) is 16.0 Å². The van der Waals surface area contributed by atoms with E-state index in [-0.39, 0.29) is 11.4 Å². The van der Waals surface area contributed by atoms with Gasteiger partial charge < -0.3 is 4.74 Å². The number of Topliss-reactive ketones (excluding diaryl/α,β-unsaturated/α-hetero) is 1. The van der Waals surface area contributed by atoms with Crippen LogP contribution >= 0.6 is 11.3 Å². The summed E-state index contributed by atoms with van der Waals surface area (Å²) in [6.07, 6.45) is 1.41. The molecule has 0 fully saturated rings. The number of esters is 1. The van der Waals surface area contributed by atoms with Crippen LogP contribution in [0.15, 0.2) is 47.4 Å². The second-order valence-corrected chi connectivity index (χ2v) is 5.00. The van der Waals surface area contributed by atoms with Crippen LogP contribution in [-0.2, 0) is 4.74 Å². The van der Waals surface area contributed by atoms with Crippen molar-refractivity contribution in [3.05, 3.63) is 63.4 Å². The fourth-order valence-corrected chi connectivity index (χ4v) is 2.44. The van der Waals surface area contributed by atoms with Crippen LogP contribution in [-0.4, -0.2) is 18.9 Å². The second-order valence-electron chi connectivity index (χ2n) is 4.06. The van der Waals surface area contributed by atoms with Gasteiger partial charge in [0.15, 0.2) is 0 Å². The van der Waals surface area contributed by atoms with Gasteiger partial charge in [-0.1, -0.05) is 24.3 Å². The van der Waals surface area contributed by atoms with Crippen molar-refractivity contribution in [2.75, 3.05) is 7.11 Å². The van der Waals surface area contributed by atoms with E-state index in [0.717, 1.165) is 0 Å². The summed E-state index contributed by atoms with van der Waals surface area (Å²) < 4.78 is 4.69. The number of ketones is 1. The quantitative estimate of drug-likeness (QED) is 0.376. The number of ether oxygens (including phenoxy) is 1. The molecule has 0 spiro atoms. The van der Waals surface area contributed by atoms with Gasteiger partial charge in [-0.05, 0) is 29.2 Å². The molecular formula is C16H11NO3S. The Hall–Kier alpha value is -2.71. The Morgan fingerprint density at radius 1 is 1.24 bits per heavy atom. The second kappa shape index (κ2) is 6.64. The average Bonchev–Trinajstić information content (AvgIpc) is 3.06. The highest BCUT2D eigenvalue weighted by Gasteiger charge is 2.15. The van der Waals surface area contributed by atoms with E-state index in [4.69, 9.17) is 4.74 Å². The zero-order valence-corrected chi connectivity index (χ0v) is 12.0. The molecule has 0 N–H and O–H groups in total. The molecule has 104 valence electrons. The first-order valence-electron chi connectivity index (χ1n) is 6.04. The lowest BCUT2D eigenvalue weighted by Gasteiger charge is -2.04. The maximum absolute atomic E-state index is 12.2. The monoisotopic (exact) mass is 297 g/mol. The van der Waals surface area contributed by atoms with Crippen LogP contribution in [0.5, 0.6) is 0 Å². The summed E-state index contributed by atoms with van der Waals surface area (Å²) in [5.74, 6) is -0.866. The largest absolute Gasteiger partial charge is 0.465 e.